The molecule has 9 nitrogen and oxygen atoms in total. The highest BCUT2D eigenvalue weighted by Gasteiger charge is 2.24. The molecule has 2 heterocycles. The highest BCUT2D eigenvalue weighted by molar-refractivity contribution is 7.91. The molecule has 2 N–H and O–H groups in total. The van der Waals surface area contributed by atoms with Gasteiger partial charge < -0.3 is 9.80 Å². The summed E-state index contributed by atoms with van der Waals surface area (Å²) in [4.78, 5) is 7.89. The van der Waals surface area contributed by atoms with Crippen LogP contribution in [0.1, 0.15) is 12.0 Å². The summed E-state index contributed by atoms with van der Waals surface area (Å²) in [5.74, 6) is 0.602. The van der Waals surface area contributed by atoms with Gasteiger partial charge in [0.2, 0.25) is 10.0 Å². The van der Waals surface area contributed by atoms with Crippen LogP contribution in [0.3, 0.4) is 0 Å². The van der Waals surface area contributed by atoms with Crippen molar-refractivity contribution in [2.45, 2.75) is 16.2 Å². The van der Waals surface area contributed by atoms with Gasteiger partial charge in [0.25, 0.3) is 0 Å². The maximum Gasteiger partial charge on any atom is 0.238 e. The van der Waals surface area contributed by atoms with Crippen LogP contribution >= 0.6 is 0 Å². The van der Waals surface area contributed by atoms with Gasteiger partial charge in [0, 0.05) is 38.6 Å². The van der Waals surface area contributed by atoms with Crippen LogP contribution in [-0.2, 0) is 19.9 Å². The molecule has 0 atom stereocenters. The fourth-order valence-corrected chi connectivity index (χ4v) is 4.87. The van der Waals surface area contributed by atoms with Crippen LogP contribution in [0, 0.1) is 11.3 Å². The Morgan fingerprint density at radius 1 is 1.07 bits per heavy atom. The van der Waals surface area contributed by atoms with Gasteiger partial charge in [0.15, 0.2) is 9.84 Å². The van der Waals surface area contributed by atoms with Crippen LogP contribution in [0.5, 0.6) is 0 Å². The van der Waals surface area contributed by atoms with Gasteiger partial charge in [0.1, 0.15) is 11.9 Å². The van der Waals surface area contributed by atoms with Crippen LogP contribution in [0.4, 0.5) is 11.5 Å². The standard InChI is InChI=1S/C18H21N5O4S2/c1-28(24,25)17-12-15(29(20,26)27)5-6-16(17)22-8-3-9-23(11-10-22)18-14(13-19)4-2-7-21-18/h2,4-7,12H,3,8-11H2,1H3,(H2,20,26,27). The lowest BCUT2D eigenvalue weighted by Gasteiger charge is -2.26. The summed E-state index contributed by atoms with van der Waals surface area (Å²) in [6.45, 7) is 2.25. The zero-order valence-corrected chi connectivity index (χ0v) is 17.4. The molecule has 1 fully saturated rings. The number of nitrogens with zero attached hydrogens (tertiary/aromatic N) is 4. The minimum absolute atomic E-state index is 0.0759. The molecular formula is C18H21N5O4S2. The lowest BCUT2D eigenvalue weighted by Crippen LogP contribution is -2.32. The van der Waals surface area contributed by atoms with E-state index in [1.54, 1.807) is 18.3 Å². The highest BCUT2D eigenvalue weighted by Crippen LogP contribution is 2.29. The number of benzene rings is 1. The van der Waals surface area contributed by atoms with E-state index < -0.39 is 19.9 Å². The second-order valence-electron chi connectivity index (χ2n) is 6.76. The molecule has 0 spiro atoms. The molecule has 0 radical (unpaired) electrons. The normalized spacial score (nSPS) is 15.6. The van der Waals surface area contributed by atoms with Crippen molar-refractivity contribution >= 4 is 31.4 Å². The lowest BCUT2D eigenvalue weighted by atomic mass is 10.2. The first-order chi connectivity index (χ1) is 13.6. The minimum Gasteiger partial charge on any atom is -0.369 e. The number of hydrogen-bond donors (Lipinski definition) is 1. The van der Waals surface area contributed by atoms with Crippen molar-refractivity contribution in [1.82, 2.24) is 4.98 Å². The number of pyridine rings is 1. The number of hydrogen-bond acceptors (Lipinski definition) is 8. The Balaban J connectivity index is 1.93. The first-order valence-corrected chi connectivity index (χ1v) is 12.3. The van der Waals surface area contributed by atoms with Crippen molar-refractivity contribution in [3.05, 3.63) is 42.1 Å². The molecule has 154 valence electrons. The maximum absolute atomic E-state index is 12.3. The van der Waals surface area contributed by atoms with Gasteiger partial charge in [-0.1, -0.05) is 0 Å². The van der Waals surface area contributed by atoms with E-state index >= 15 is 0 Å². The molecule has 0 bridgehead atoms. The largest absolute Gasteiger partial charge is 0.369 e. The molecule has 0 aliphatic carbocycles. The minimum atomic E-state index is -4.02. The van der Waals surface area contributed by atoms with E-state index in [9.17, 15) is 22.1 Å². The summed E-state index contributed by atoms with van der Waals surface area (Å²) in [5, 5.41) is 14.5. The smallest absolute Gasteiger partial charge is 0.238 e. The number of primary sulfonamides is 1. The van der Waals surface area contributed by atoms with Crippen molar-refractivity contribution in [2.24, 2.45) is 5.14 Å². The lowest BCUT2D eigenvalue weighted by molar-refractivity contribution is 0.597. The predicted octanol–water partition coefficient (Wildman–Crippen LogP) is 0.721. The topological polar surface area (TPSA) is 137 Å². The first-order valence-electron chi connectivity index (χ1n) is 8.83. The monoisotopic (exact) mass is 435 g/mol. The molecule has 2 aromatic rings. The van der Waals surface area contributed by atoms with Crippen LogP contribution in [0.2, 0.25) is 0 Å². The van der Waals surface area contributed by atoms with Gasteiger partial charge in [-0.05, 0) is 36.8 Å². The Kier molecular flexibility index (Phi) is 5.79. The number of sulfone groups is 1. The molecule has 0 unspecified atom stereocenters. The number of anilines is 2. The van der Waals surface area contributed by atoms with Crippen molar-refractivity contribution in [3.8, 4) is 6.07 Å². The Labute approximate surface area is 170 Å². The molecule has 3 rings (SSSR count). The second-order valence-corrected chi connectivity index (χ2v) is 10.3. The number of aromatic nitrogens is 1. The average molecular weight is 436 g/mol. The van der Waals surface area contributed by atoms with Crippen LogP contribution in [0.15, 0.2) is 46.3 Å². The molecule has 0 saturated carbocycles. The predicted molar refractivity (Wildman–Crippen MR) is 109 cm³/mol. The molecule has 1 aromatic heterocycles. The maximum atomic E-state index is 12.3. The summed E-state index contributed by atoms with van der Waals surface area (Å²) >= 11 is 0. The quantitative estimate of drug-likeness (QED) is 0.741. The van der Waals surface area contributed by atoms with Crippen LogP contribution < -0.4 is 14.9 Å². The molecule has 1 saturated heterocycles. The Hall–Kier alpha value is -2.68. The molecule has 1 aliphatic rings. The molecule has 1 aromatic carbocycles. The summed E-state index contributed by atoms with van der Waals surface area (Å²) in [6.07, 6.45) is 3.38. The number of nitrogens with two attached hydrogens (primary N) is 1. The zero-order valence-electron chi connectivity index (χ0n) is 15.8. The van der Waals surface area contributed by atoms with Crippen molar-refractivity contribution in [3.63, 3.8) is 0 Å². The third kappa shape index (κ3) is 4.67. The van der Waals surface area contributed by atoms with Crippen LogP contribution in [0.25, 0.3) is 0 Å². The molecule has 0 amide bonds. The molecule has 29 heavy (non-hydrogen) atoms. The van der Waals surface area contributed by atoms with Gasteiger partial charge in [-0.2, -0.15) is 5.26 Å². The SMILES string of the molecule is CS(=O)(=O)c1cc(S(N)(=O)=O)ccc1N1CCCN(c2ncccc2C#N)CC1. The summed E-state index contributed by atoms with van der Waals surface area (Å²) in [5.41, 5.74) is 0.915. The third-order valence-corrected chi connectivity index (χ3v) is 6.74. The second kappa shape index (κ2) is 7.98. The molecule has 1 aliphatic heterocycles. The van der Waals surface area contributed by atoms with E-state index in [1.807, 2.05) is 9.80 Å². The Bertz CT molecular complexity index is 1170. The number of sulfonamides is 1. The van der Waals surface area contributed by atoms with Gasteiger partial charge in [0.05, 0.1) is 21.0 Å². The Morgan fingerprint density at radius 2 is 1.76 bits per heavy atom. The van der Waals surface area contributed by atoms with E-state index in [2.05, 4.69) is 11.1 Å². The van der Waals surface area contributed by atoms with E-state index in [-0.39, 0.29) is 9.79 Å². The van der Waals surface area contributed by atoms with Crippen molar-refractivity contribution in [1.29, 1.82) is 5.26 Å². The number of nitriles is 1. The molecule has 11 heteroatoms. The van der Waals surface area contributed by atoms with Gasteiger partial charge >= 0.3 is 0 Å². The summed E-state index contributed by atoms with van der Waals surface area (Å²) in [7, 11) is -7.71. The third-order valence-electron chi connectivity index (χ3n) is 4.70. The summed E-state index contributed by atoms with van der Waals surface area (Å²) < 4.78 is 47.9. The van der Waals surface area contributed by atoms with Crippen LogP contribution in [-0.4, -0.2) is 54.3 Å². The number of rotatable bonds is 4. The fraction of sp³-hybridized carbons (Fsp3) is 0.333. The molecular weight excluding hydrogens is 414 g/mol. The zero-order chi connectivity index (χ0) is 21.2. The average Bonchev–Trinajstić information content (AvgIpc) is 2.92. The highest BCUT2D eigenvalue weighted by atomic mass is 32.2. The van der Waals surface area contributed by atoms with Gasteiger partial charge in [-0.3, -0.25) is 0 Å². The Morgan fingerprint density at radius 3 is 2.41 bits per heavy atom. The van der Waals surface area contributed by atoms with E-state index in [4.69, 9.17) is 5.14 Å². The van der Waals surface area contributed by atoms with E-state index in [0.717, 1.165) is 12.3 Å². The van der Waals surface area contributed by atoms with Gasteiger partial charge in [-0.15, -0.1) is 0 Å². The van der Waals surface area contributed by atoms with E-state index in [1.165, 1.54) is 12.1 Å². The van der Waals surface area contributed by atoms with Gasteiger partial charge in [-0.25, -0.2) is 27.0 Å². The summed E-state index contributed by atoms with van der Waals surface area (Å²) in [6, 6.07) is 9.45. The van der Waals surface area contributed by atoms with Crippen molar-refractivity contribution < 1.29 is 16.8 Å². The van der Waals surface area contributed by atoms with E-state index in [0.29, 0.717) is 49.7 Å². The fourth-order valence-electron chi connectivity index (χ4n) is 3.34. The first kappa shape index (κ1) is 21.0. The van der Waals surface area contributed by atoms with Crippen molar-refractivity contribution in [2.75, 3.05) is 42.2 Å².